The molecule has 2 heterocycles. The van der Waals surface area contributed by atoms with E-state index < -0.39 is 5.97 Å². The molecule has 0 saturated heterocycles. The molecule has 16 heavy (non-hydrogen) atoms. The molecule has 0 unspecified atom stereocenters. The summed E-state index contributed by atoms with van der Waals surface area (Å²) in [5.41, 5.74) is 1.54. The predicted octanol–water partition coefficient (Wildman–Crippen LogP) is 2.87. The van der Waals surface area contributed by atoms with E-state index in [1.807, 2.05) is 6.92 Å². The van der Waals surface area contributed by atoms with Gasteiger partial charge in [-0.2, -0.15) is 0 Å². The van der Waals surface area contributed by atoms with E-state index in [0.717, 1.165) is 10.4 Å². The third kappa shape index (κ3) is 2.05. The predicted molar refractivity (Wildman–Crippen MR) is 62.1 cm³/mol. The van der Waals surface area contributed by atoms with Crippen molar-refractivity contribution in [1.82, 2.24) is 9.97 Å². The Balaban J connectivity index is 2.50. The van der Waals surface area contributed by atoms with E-state index >= 15 is 0 Å². The Morgan fingerprint density at radius 2 is 2.25 bits per heavy atom. The summed E-state index contributed by atoms with van der Waals surface area (Å²) in [6.07, 6.45) is 1.62. The van der Waals surface area contributed by atoms with Gasteiger partial charge in [0, 0.05) is 6.20 Å². The Hall–Kier alpha value is -1.46. The standard InChI is InChI=1S/C10H7ClN2O2S/c1-5-4-12-10(11)13-8(5)6-2-3-7(16-6)9(14)15/h2-4H,1H3,(H,14,15). The highest BCUT2D eigenvalue weighted by atomic mass is 35.5. The van der Waals surface area contributed by atoms with Gasteiger partial charge in [-0.1, -0.05) is 0 Å². The molecule has 0 aliphatic carbocycles. The molecule has 0 radical (unpaired) electrons. The van der Waals surface area contributed by atoms with Gasteiger partial charge in [0.2, 0.25) is 5.28 Å². The smallest absolute Gasteiger partial charge is 0.345 e. The summed E-state index contributed by atoms with van der Waals surface area (Å²) in [7, 11) is 0. The summed E-state index contributed by atoms with van der Waals surface area (Å²) in [4.78, 5) is 19.7. The van der Waals surface area contributed by atoms with Crippen molar-refractivity contribution in [2.24, 2.45) is 0 Å². The number of hydrogen-bond acceptors (Lipinski definition) is 4. The first-order valence-electron chi connectivity index (χ1n) is 4.40. The van der Waals surface area contributed by atoms with Gasteiger partial charge < -0.3 is 5.11 Å². The van der Waals surface area contributed by atoms with Crippen LogP contribution in [0.4, 0.5) is 0 Å². The maximum atomic E-state index is 10.7. The number of nitrogens with zero attached hydrogens (tertiary/aromatic N) is 2. The van der Waals surface area contributed by atoms with E-state index in [2.05, 4.69) is 9.97 Å². The monoisotopic (exact) mass is 254 g/mol. The van der Waals surface area contributed by atoms with Crippen LogP contribution in [0.3, 0.4) is 0 Å². The first-order chi connectivity index (χ1) is 7.58. The molecule has 0 amide bonds. The van der Waals surface area contributed by atoms with Crippen LogP contribution in [0.5, 0.6) is 0 Å². The van der Waals surface area contributed by atoms with Crippen molar-refractivity contribution in [3.63, 3.8) is 0 Å². The van der Waals surface area contributed by atoms with Crippen LogP contribution < -0.4 is 0 Å². The van der Waals surface area contributed by atoms with Gasteiger partial charge in [-0.3, -0.25) is 0 Å². The van der Waals surface area contributed by atoms with E-state index in [9.17, 15) is 4.79 Å². The molecule has 82 valence electrons. The van der Waals surface area contributed by atoms with Gasteiger partial charge in [0.25, 0.3) is 0 Å². The van der Waals surface area contributed by atoms with Gasteiger partial charge in [0.15, 0.2) is 0 Å². The maximum Gasteiger partial charge on any atom is 0.345 e. The summed E-state index contributed by atoms with van der Waals surface area (Å²) < 4.78 is 0. The quantitative estimate of drug-likeness (QED) is 0.837. The van der Waals surface area contributed by atoms with Gasteiger partial charge in [-0.15, -0.1) is 11.3 Å². The minimum Gasteiger partial charge on any atom is -0.477 e. The summed E-state index contributed by atoms with van der Waals surface area (Å²) in [5, 5.41) is 8.98. The summed E-state index contributed by atoms with van der Waals surface area (Å²) in [5.74, 6) is -0.936. The molecule has 0 aliphatic rings. The fourth-order valence-electron chi connectivity index (χ4n) is 1.25. The molecule has 0 saturated carbocycles. The van der Waals surface area contributed by atoms with Crippen molar-refractivity contribution in [2.75, 3.05) is 0 Å². The van der Waals surface area contributed by atoms with Crippen molar-refractivity contribution in [2.45, 2.75) is 6.92 Å². The molecule has 6 heteroatoms. The first kappa shape index (κ1) is 11.0. The Bertz CT molecular complexity index is 554. The largest absolute Gasteiger partial charge is 0.477 e. The van der Waals surface area contributed by atoms with E-state index in [0.29, 0.717) is 5.69 Å². The second-order valence-corrected chi connectivity index (χ2v) is 4.56. The minimum atomic E-state index is -0.936. The molecular weight excluding hydrogens is 248 g/mol. The van der Waals surface area contributed by atoms with Crippen molar-refractivity contribution in [1.29, 1.82) is 0 Å². The lowest BCUT2D eigenvalue weighted by molar-refractivity contribution is 0.0702. The Labute approximate surface area is 101 Å². The number of aryl methyl sites for hydroxylation is 1. The molecule has 0 aliphatic heterocycles. The van der Waals surface area contributed by atoms with Crippen molar-refractivity contribution in [3.05, 3.63) is 34.1 Å². The average molecular weight is 255 g/mol. The number of carbonyl (C=O) groups is 1. The number of hydrogen-bond donors (Lipinski definition) is 1. The highest BCUT2D eigenvalue weighted by Crippen LogP contribution is 2.29. The lowest BCUT2D eigenvalue weighted by atomic mass is 10.2. The second-order valence-electron chi connectivity index (χ2n) is 3.14. The molecule has 0 bridgehead atoms. The number of aromatic carboxylic acids is 1. The third-order valence-electron chi connectivity index (χ3n) is 1.99. The Morgan fingerprint density at radius 1 is 1.50 bits per heavy atom. The fraction of sp³-hybridized carbons (Fsp3) is 0.100. The van der Waals surface area contributed by atoms with E-state index in [1.54, 1.807) is 18.3 Å². The van der Waals surface area contributed by atoms with Crippen molar-refractivity contribution >= 4 is 28.9 Å². The van der Waals surface area contributed by atoms with Crippen molar-refractivity contribution < 1.29 is 9.90 Å². The van der Waals surface area contributed by atoms with E-state index in [1.165, 1.54) is 11.3 Å². The molecule has 2 aromatic heterocycles. The summed E-state index contributed by atoms with van der Waals surface area (Å²) in [6.45, 7) is 1.85. The number of halogens is 1. The lowest BCUT2D eigenvalue weighted by Crippen LogP contribution is -1.90. The lowest BCUT2D eigenvalue weighted by Gasteiger charge is -2.00. The molecule has 1 N–H and O–H groups in total. The maximum absolute atomic E-state index is 10.7. The summed E-state index contributed by atoms with van der Waals surface area (Å²) in [6, 6.07) is 3.28. The zero-order valence-corrected chi connectivity index (χ0v) is 9.84. The number of thiophene rings is 1. The topological polar surface area (TPSA) is 63.1 Å². The number of aromatic nitrogens is 2. The molecule has 2 aromatic rings. The van der Waals surface area contributed by atoms with Gasteiger partial charge >= 0.3 is 5.97 Å². The average Bonchev–Trinajstić information content (AvgIpc) is 2.70. The van der Waals surface area contributed by atoms with Crippen LogP contribution in [0.1, 0.15) is 15.2 Å². The van der Waals surface area contributed by atoms with Crippen LogP contribution in [0.25, 0.3) is 10.6 Å². The van der Waals surface area contributed by atoms with Crippen LogP contribution in [0.15, 0.2) is 18.3 Å². The van der Waals surface area contributed by atoms with Crippen LogP contribution in [0.2, 0.25) is 5.28 Å². The first-order valence-corrected chi connectivity index (χ1v) is 5.60. The zero-order valence-electron chi connectivity index (χ0n) is 8.27. The van der Waals surface area contributed by atoms with Gasteiger partial charge in [-0.25, -0.2) is 14.8 Å². The van der Waals surface area contributed by atoms with E-state index in [-0.39, 0.29) is 10.2 Å². The van der Waals surface area contributed by atoms with Crippen LogP contribution in [-0.2, 0) is 0 Å². The molecule has 0 fully saturated rings. The Kier molecular flexibility index (Phi) is 2.89. The Morgan fingerprint density at radius 3 is 2.88 bits per heavy atom. The summed E-state index contributed by atoms with van der Waals surface area (Å²) >= 11 is 6.87. The minimum absolute atomic E-state index is 0.158. The highest BCUT2D eigenvalue weighted by Gasteiger charge is 2.11. The van der Waals surface area contributed by atoms with Gasteiger partial charge in [0.1, 0.15) is 4.88 Å². The molecule has 4 nitrogen and oxygen atoms in total. The van der Waals surface area contributed by atoms with Crippen molar-refractivity contribution in [3.8, 4) is 10.6 Å². The second kappa shape index (κ2) is 4.19. The third-order valence-corrected chi connectivity index (χ3v) is 3.25. The highest BCUT2D eigenvalue weighted by molar-refractivity contribution is 7.17. The SMILES string of the molecule is Cc1cnc(Cl)nc1-c1ccc(C(=O)O)s1. The normalized spacial score (nSPS) is 10.4. The molecule has 0 aromatic carbocycles. The number of carboxylic acids is 1. The molecule has 0 atom stereocenters. The molecule has 0 spiro atoms. The number of carboxylic acid groups (broad SMARTS) is 1. The zero-order chi connectivity index (χ0) is 11.7. The van der Waals surface area contributed by atoms with Crippen LogP contribution >= 0.6 is 22.9 Å². The van der Waals surface area contributed by atoms with Gasteiger partial charge in [-0.05, 0) is 36.2 Å². The fourth-order valence-corrected chi connectivity index (χ4v) is 2.28. The molecular formula is C10H7ClN2O2S. The van der Waals surface area contributed by atoms with E-state index in [4.69, 9.17) is 16.7 Å². The molecule has 2 rings (SSSR count). The van der Waals surface area contributed by atoms with Crippen LogP contribution in [0, 0.1) is 6.92 Å². The van der Waals surface area contributed by atoms with Gasteiger partial charge in [0.05, 0.1) is 10.6 Å². The number of rotatable bonds is 2. The van der Waals surface area contributed by atoms with Crippen LogP contribution in [-0.4, -0.2) is 21.0 Å².